The molecule has 2 fully saturated rings. The van der Waals surface area contributed by atoms with Gasteiger partial charge in [0.2, 0.25) is 5.91 Å². The van der Waals surface area contributed by atoms with Gasteiger partial charge in [0.15, 0.2) is 11.0 Å². The molecular weight excluding hydrogens is 428 g/mol. The van der Waals surface area contributed by atoms with Crippen LogP contribution in [0.4, 0.5) is 0 Å². The quantitative estimate of drug-likeness (QED) is 0.499. The maximum atomic E-state index is 12.8. The normalized spacial score (nSPS) is 24.2. The third kappa shape index (κ3) is 5.64. The minimum absolute atomic E-state index is 0.114. The molecule has 0 aliphatic heterocycles. The van der Waals surface area contributed by atoms with Crippen LogP contribution < -0.4 is 5.32 Å². The molecule has 0 spiro atoms. The van der Waals surface area contributed by atoms with Gasteiger partial charge in [-0.2, -0.15) is 0 Å². The van der Waals surface area contributed by atoms with Crippen LogP contribution in [0.2, 0.25) is 0 Å². The van der Waals surface area contributed by atoms with Gasteiger partial charge in [0.1, 0.15) is 0 Å². The summed E-state index contributed by atoms with van der Waals surface area (Å²) in [6, 6.07) is 9.46. The summed E-state index contributed by atoms with van der Waals surface area (Å²) in [6.07, 6.45) is 8.37. The van der Waals surface area contributed by atoms with Crippen LogP contribution in [0.3, 0.4) is 0 Å². The second-order valence-electron chi connectivity index (χ2n) is 11.2. The van der Waals surface area contributed by atoms with Crippen LogP contribution in [0.25, 0.3) is 11.4 Å². The van der Waals surface area contributed by atoms with Crippen molar-refractivity contribution in [3.63, 3.8) is 0 Å². The van der Waals surface area contributed by atoms with E-state index in [1.54, 1.807) is 0 Å². The van der Waals surface area contributed by atoms with Crippen LogP contribution in [0.1, 0.15) is 91.2 Å². The topological polar surface area (TPSA) is 59.8 Å². The molecule has 2 aliphatic carbocycles. The molecular formula is C27H40N4OS. The van der Waals surface area contributed by atoms with Crippen LogP contribution in [-0.2, 0) is 10.2 Å². The number of nitrogens with one attached hydrogen (secondary N) is 1. The van der Waals surface area contributed by atoms with E-state index in [0.29, 0.717) is 29.7 Å². The second kappa shape index (κ2) is 10.2. The van der Waals surface area contributed by atoms with Gasteiger partial charge in [-0.1, -0.05) is 96.3 Å². The smallest absolute Gasteiger partial charge is 0.230 e. The van der Waals surface area contributed by atoms with Gasteiger partial charge in [-0.25, -0.2) is 0 Å². The fraction of sp³-hybridized carbons (Fsp3) is 0.667. The maximum Gasteiger partial charge on any atom is 0.230 e. The Morgan fingerprint density at radius 1 is 1.03 bits per heavy atom. The van der Waals surface area contributed by atoms with E-state index in [9.17, 15) is 4.79 Å². The summed E-state index contributed by atoms with van der Waals surface area (Å²) in [5, 5.41) is 13.3. The van der Waals surface area contributed by atoms with Crippen LogP contribution in [0.15, 0.2) is 29.4 Å². The van der Waals surface area contributed by atoms with Gasteiger partial charge in [-0.15, -0.1) is 10.2 Å². The summed E-state index contributed by atoms with van der Waals surface area (Å²) < 4.78 is 2.31. The fourth-order valence-corrected chi connectivity index (χ4v) is 6.16. The number of hydrogen-bond acceptors (Lipinski definition) is 4. The van der Waals surface area contributed by atoms with E-state index in [1.165, 1.54) is 43.0 Å². The molecule has 5 nitrogen and oxygen atoms in total. The number of benzene rings is 1. The first-order valence-electron chi connectivity index (χ1n) is 12.7. The summed E-state index contributed by atoms with van der Waals surface area (Å²) in [5.41, 5.74) is 2.54. The number of nitrogens with zero attached hydrogens (tertiary/aromatic N) is 3. The number of aromatic nitrogens is 3. The monoisotopic (exact) mass is 468 g/mol. The molecule has 3 atom stereocenters. The Kier molecular flexibility index (Phi) is 7.52. The zero-order valence-corrected chi connectivity index (χ0v) is 21.8. The molecule has 4 rings (SSSR count). The Balaban J connectivity index is 1.49. The number of rotatable bonds is 6. The van der Waals surface area contributed by atoms with E-state index in [-0.39, 0.29) is 11.3 Å². The molecule has 2 aromatic rings. The van der Waals surface area contributed by atoms with Crippen molar-refractivity contribution in [2.75, 3.05) is 5.75 Å². The third-order valence-corrected chi connectivity index (χ3v) is 8.69. The molecule has 3 unspecified atom stereocenters. The van der Waals surface area contributed by atoms with E-state index >= 15 is 0 Å². The summed E-state index contributed by atoms with van der Waals surface area (Å²) in [5.74, 6) is 2.65. The highest BCUT2D eigenvalue weighted by atomic mass is 32.2. The molecule has 1 aromatic heterocycles. The fourth-order valence-electron chi connectivity index (χ4n) is 5.35. The second-order valence-corrected chi connectivity index (χ2v) is 12.1. The van der Waals surface area contributed by atoms with E-state index < -0.39 is 0 Å². The summed E-state index contributed by atoms with van der Waals surface area (Å²) >= 11 is 1.53. The maximum absolute atomic E-state index is 12.8. The predicted octanol–water partition coefficient (Wildman–Crippen LogP) is 6.39. The molecule has 2 saturated carbocycles. The van der Waals surface area contributed by atoms with Crippen molar-refractivity contribution in [3.8, 4) is 11.4 Å². The van der Waals surface area contributed by atoms with Crippen molar-refractivity contribution in [2.45, 2.75) is 102 Å². The SMILES string of the molecule is CC1CCCC(NC(=O)CSc2nnc(-c3ccc(C(C)(C)C)cc3)n2C2CCCC2)C1C. The van der Waals surface area contributed by atoms with Gasteiger partial charge in [0.25, 0.3) is 0 Å². The van der Waals surface area contributed by atoms with Crippen LogP contribution in [-0.4, -0.2) is 32.5 Å². The molecule has 1 heterocycles. The molecule has 2 aliphatic rings. The Hall–Kier alpha value is -1.82. The number of hydrogen-bond donors (Lipinski definition) is 1. The van der Waals surface area contributed by atoms with E-state index in [2.05, 4.69) is 79.0 Å². The van der Waals surface area contributed by atoms with E-state index in [1.807, 2.05) is 0 Å². The molecule has 6 heteroatoms. The summed E-state index contributed by atoms with van der Waals surface area (Å²) in [4.78, 5) is 12.8. The summed E-state index contributed by atoms with van der Waals surface area (Å²) in [7, 11) is 0. The van der Waals surface area contributed by atoms with Crippen molar-refractivity contribution >= 4 is 17.7 Å². The van der Waals surface area contributed by atoms with Crippen molar-refractivity contribution in [1.82, 2.24) is 20.1 Å². The first-order valence-corrected chi connectivity index (χ1v) is 13.7. The van der Waals surface area contributed by atoms with Crippen molar-refractivity contribution in [3.05, 3.63) is 29.8 Å². The standard InChI is InChI=1S/C27H40N4OS/c1-18-9-8-12-23(19(18)2)28-24(32)17-33-26-30-29-25(31(26)22-10-6-7-11-22)20-13-15-21(16-14-20)27(3,4)5/h13-16,18-19,22-23H,6-12,17H2,1-5H3,(H,28,32). The lowest BCUT2D eigenvalue weighted by molar-refractivity contribution is -0.120. The minimum Gasteiger partial charge on any atom is -0.352 e. The highest BCUT2D eigenvalue weighted by Gasteiger charge is 2.29. The minimum atomic E-state index is 0.114. The first kappa shape index (κ1) is 24.3. The Labute approximate surface area is 203 Å². The third-order valence-electron chi connectivity index (χ3n) is 7.75. The lowest BCUT2D eigenvalue weighted by Crippen LogP contribution is -2.44. The van der Waals surface area contributed by atoms with Gasteiger partial charge >= 0.3 is 0 Å². The lowest BCUT2D eigenvalue weighted by atomic mass is 9.78. The van der Waals surface area contributed by atoms with Crippen LogP contribution in [0, 0.1) is 11.8 Å². The first-order chi connectivity index (χ1) is 15.7. The molecule has 1 N–H and O–H groups in total. The van der Waals surface area contributed by atoms with E-state index in [0.717, 1.165) is 35.8 Å². The molecule has 1 aromatic carbocycles. The lowest BCUT2D eigenvalue weighted by Gasteiger charge is -2.34. The van der Waals surface area contributed by atoms with Crippen LogP contribution in [0.5, 0.6) is 0 Å². The van der Waals surface area contributed by atoms with Gasteiger partial charge in [-0.05, 0) is 42.1 Å². The van der Waals surface area contributed by atoms with Gasteiger partial charge in [0, 0.05) is 17.6 Å². The number of amides is 1. The largest absolute Gasteiger partial charge is 0.352 e. The van der Waals surface area contributed by atoms with Gasteiger partial charge in [0.05, 0.1) is 5.75 Å². The molecule has 33 heavy (non-hydrogen) atoms. The number of thioether (sulfide) groups is 1. The Morgan fingerprint density at radius 2 is 1.73 bits per heavy atom. The van der Waals surface area contributed by atoms with Gasteiger partial charge in [-0.3, -0.25) is 9.36 Å². The highest BCUT2D eigenvalue weighted by Crippen LogP contribution is 2.37. The zero-order chi connectivity index (χ0) is 23.6. The van der Waals surface area contributed by atoms with Crippen molar-refractivity contribution in [2.24, 2.45) is 11.8 Å². The van der Waals surface area contributed by atoms with Crippen molar-refractivity contribution < 1.29 is 4.79 Å². The number of carbonyl (C=O) groups excluding carboxylic acids is 1. The molecule has 1 amide bonds. The zero-order valence-electron chi connectivity index (χ0n) is 20.9. The molecule has 180 valence electrons. The average molecular weight is 469 g/mol. The molecule has 0 bridgehead atoms. The molecule has 0 radical (unpaired) electrons. The average Bonchev–Trinajstić information content (AvgIpc) is 3.44. The molecule has 0 saturated heterocycles. The highest BCUT2D eigenvalue weighted by molar-refractivity contribution is 7.99. The van der Waals surface area contributed by atoms with Crippen LogP contribution >= 0.6 is 11.8 Å². The van der Waals surface area contributed by atoms with Crippen molar-refractivity contribution in [1.29, 1.82) is 0 Å². The number of carbonyl (C=O) groups is 1. The van der Waals surface area contributed by atoms with Gasteiger partial charge < -0.3 is 5.32 Å². The Morgan fingerprint density at radius 3 is 2.39 bits per heavy atom. The Bertz CT molecular complexity index is 940. The predicted molar refractivity (Wildman–Crippen MR) is 136 cm³/mol. The van der Waals surface area contributed by atoms with E-state index in [4.69, 9.17) is 0 Å². The summed E-state index contributed by atoms with van der Waals surface area (Å²) in [6.45, 7) is 11.3.